The Kier molecular flexibility index (Phi) is 7.28. The molecule has 0 spiro atoms. The molecule has 0 fully saturated rings. The first-order chi connectivity index (χ1) is 12.8. The third-order valence-corrected chi connectivity index (χ3v) is 4.55. The minimum absolute atomic E-state index is 0.00125. The number of amides is 1. The third-order valence-electron chi connectivity index (χ3n) is 4.55. The zero-order chi connectivity index (χ0) is 19.9. The Balaban J connectivity index is 1.97. The average Bonchev–Trinajstić information content (AvgIpc) is 2.64. The van der Waals surface area contributed by atoms with Crippen LogP contribution in [0.3, 0.4) is 0 Å². The lowest BCUT2D eigenvalue weighted by atomic mass is 9.99. The summed E-state index contributed by atoms with van der Waals surface area (Å²) in [6.45, 7) is 10.5. The van der Waals surface area contributed by atoms with E-state index in [0.29, 0.717) is 12.5 Å². The number of anilines is 1. The first-order valence-corrected chi connectivity index (χ1v) is 9.67. The van der Waals surface area contributed by atoms with Gasteiger partial charge in [0.15, 0.2) is 0 Å². The number of hydrogen-bond acceptors (Lipinski definition) is 3. The number of benzene rings is 2. The van der Waals surface area contributed by atoms with E-state index in [-0.39, 0.29) is 12.1 Å². The van der Waals surface area contributed by atoms with Crippen LogP contribution in [0.2, 0.25) is 0 Å². The van der Waals surface area contributed by atoms with Crippen molar-refractivity contribution < 1.29 is 9.53 Å². The molecular weight excluding hydrogens is 336 g/mol. The number of nitrogens with one attached hydrogen (secondary N) is 2. The van der Waals surface area contributed by atoms with Crippen molar-refractivity contribution in [3.8, 4) is 11.1 Å². The number of carbonyl (C=O) groups excluding carboxylic acids is 1. The molecule has 146 valence electrons. The summed E-state index contributed by atoms with van der Waals surface area (Å²) in [5, 5.41) is 6.44. The van der Waals surface area contributed by atoms with Crippen molar-refractivity contribution >= 4 is 11.8 Å². The predicted octanol–water partition coefficient (Wildman–Crippen LogP) is 5.70. The number of hydrogen-bond donors (Lipinski definition) is 2. The van der Waals surface area contributed by atoms with E-state index in [2.05, 4.69) is 60.9 Å². The molecule has 1 amide bonds. The van der Waals surface area contributed by atoms with Crippen LogP contribution in [0.5, 0.6) is 0 Å². The van der Waals surface area contributed by atoms with Crippen LogP contribution in [0.25, 0.3) is 11.1 Å². The van der Waals surface area contributed by atoms with Crippen molar-refractivity contribution in [1.29, 1.82) is 0 Å². The van der Waals surface area contributed by atoms with Crippen LogP contribution in [0.15, 0.2) is 54.6 Å². The highest BCUT2D eigenvalue weighted by molar-refractivity contribution is 5.68. The Hall–Kier alpha value is -2.49. The molecular formula is C23H32N2O2. The van der Waals surface area contributed by atoms with Gasteiger partial charge in [-0.25, -0.2) is 4.79 Å². The Morgan fingerprint density at radius 1 is 1.00 bits per heavy atom. The van der Waals surface area contributed by atoms with E-state index < -0.39 is 5.60 Å². The van der Waals surface area contributed by atoms with Crippen LogP contribution in [0.4, 0.5) is 10.5 Å². The Morgan fingerprint density at radius 2 is 1.59 bits per heavy atom. The van der Waals surface area contributed by atoms with Crippen LogP contribution in [-0.4, -0.2) is 24.3 Å². The summed E-state index contributed by atoms with van der Waals surface area (Å²) >= 11 is 0. The standard InChI is InChI=1S/C23H32N2O2/c1-6-17(2)21(25-22(26)27-23(3,4)5)16-24-20-14-12-19(13-15-20)18-10-8-7-9-11-18/h7-15,17,21,24H,6,16H2,1-5H3,(H,25,26)/t17-,21+/m0/s1. The van der Waals surface area contributed by atoms with E-state index in [4.69, 9.17) is 4.74 Å². The van der Waals surface area contributed by atoms with Crippen molar-refractivity contribution in [2.45, 2.75) is 52.7 Å². The van der Waals surface area contributed by atoms with Gasteiger partial charge in [-0.05, 0) is 49.9 Å². The molecule has 2 aromatic carbocycles. The molecule has 0 heterocycles. The van der Waals surface area contributed by atoms with Crippen molar-refractivity contribution in [3.05, 3.63) is 54.6 Å². The molecule has 0 aliphatic heterocycles. The Bertz CT molecular complexity index is 705. The van der Waals surface area contributed by atoms with Gasteiger partial charge in [-0.3, -0.25) is 0 Å². The number of alkyl carbamates (subject to hydrolysis) is 1. The Labute approximate surface area is 163 Å². The second-order valence-corrected chi connectivity index (χ2v) is 7.96. The van der Waals surface area contributed by atoms with Gasteiger partial charge in [-0.15, -0.1) is 0 Å². The number of ether oxygens (including phenoxy) is 1. The van der Waals surface area contributed by atoms with Gasteiger partial charge in [-0.1, -0.05) is 62.7 Å². The van der Waals surface area contributed by atoms with Crippen LogP contribution in [0.1, 0.15) is 41.0 Å². The fourth-order valence-electron chi connectivity index (χ4n) is 2.78. The van der Waals surface area contributed by atoms with Crippen molar-refractivity contribution in [2.75, 3.05) is 11.9 Å². The zero-order valence-electron chi connectivity index (χ0n) is 17.1. The molecule has 4 heteroatoms. The van der Waals surface area contributed by atoms with Gasteiger partial charge in [0.1, 0.15) is 5.60 Å². The second kappa shape index (κ2) is 9.45. The summed E-state index contributed by atoms with van der Waals surface area (Å²) in [6.07, 6.45) is 0.615. The van der Waals surface area contributed by atoms with Gasteiger partial charge in [-0.2, -0.15) is 0 Å². The van der Waals surface area contributed by atoms with E-state index in [0.717, 1.165) is 12.1 Å². The molecule has 2 rings (SSSR count). The molecule has 2 atom stereocenters. The summed E-state index contributed by atoms with van der Waals surface area (Å²) < 4.78 is 5.40. The lowest BCUT2D eigenvalue weighted by Crippen LogP contribution is -2.45. The molecule has 4 nitrogen and oxygen atoms in total. The minimum Gasteiger partial charge on any atom is -0.444 e. The van der Waals surface area contributed by atoms with E-state index in [9.17, 15) is 4.79 Å². The van der Waals surface area contributed by atoms with E-state index in [1.54, 1.807) is 0 Å². The molecule has 0 aliphatic rings. The smallest absolute Gasteiger partial charge is 0.407 e. The minimum atomic E-state index is -0.495. The van der Waals surface area contributed by atoms with E-state index >= 15 is 0 Å². The molecule has 0 aliphatic carbocycles. The SMILES string of the molecule is CC[C@H](C)[C@@H](CNc1ccc(-c2ccccc2)cc1)NC(=O)OC(C)(C)C. The van der Waals surface area contributed by atoms with Gasteiger partial charge in [0.25, 0.3) is 0 Å². The van der Waals surface area contributed by atoms with E-state index in [1.165, 1.54) is 11.1 Å². The molecule has 0 unspecified atom stereocenters. The van der Waals surface area contributed by atoms with Gasteiger partial charge >= 0.3 is 6.09 Å². The molecule has 2 N–H and O–H groups in total. The highest BCUT2D eigenvalue weighted by Crippen LogP contribution is 2.21. The zero-order valence-corrected chi connectivity index (χ0v) is 17.1. The van der Waals surface area contributed by atoms with E-state index in [1.807, 2.05) is 39.0 Å². The van der Waals surface area contributed by atoms with Crippen molar-refractivity contribution in [2.24, 2.45) is 5.92 Å². The maximum absolute atomic E-state index is 12.1. The van der Waals surface area contributed by atoms with Gasteiger partial charge in [0, 0.05) is 12.2 Å². The molecule has 0 saturated carbocycles. The summed E-state index contributed by atoms with van der Waals surface area (Å²) in [4.78, 5) is 12.1. The molecule has 27 heavy (non-hydrogen) atoms. The summed E-state index contributed by atoms with van der Waals surface area (Å²) in [5.74, 6) is 0.341. The third kappa shape index (κ3) is 6.97. The maximum Gasteiger partial charge on any atom is 0.407 e. The second-order valence-electron chi connectivity index (χ2n) is 7.96. The van der Waals surface area contributed by atoms with Crippen LogP contribution in [-0.2, 0) is 4.74 Å². The lowest BCUT2D eigenvalue weighted by molar-refractivity contribution is 0.0491. The molecule has 0 radical (unpaired) electrons. The van der Waals surface area contributed by atoms with Gasteiger partial charge in [0.05, 0.1) is 6.04 Å². The highest BCUT2D eigenvalue weighted by Gasteiger charge is 2.22. The van der Waals surface area contributed by atoms with Crippen LogP contribution < -0.4 is 10.6 Å². The molecule has 0 aromatic heterocycles. The van der Waals surface area contributed by atoms with Crippen LogP contribution in [0, 0.1) is 5.92 Å². The number of rotatable bonds is 7. The fourth-order valence-corrected chi connectivity index (χ4v) is 2.78. The molecule has 0 saturated heterocycles. The van der Waals surface area contributed by atoms with Crippen molar-refractivity contribution in [1.82, 2.24) is 5.32 Å². The first-order valence-electron chi connectivity index (χ1n) is 9.67. The first kappa shape index (κ1) is 20.8. The summed E-state index contributed by atoms with van der Waals surface area (Å²) in [7, 11) is 0. The molecule has 0 bridgehead atoms. The molecule has 2 aromatic rings. The highest BCUT2D eigenvalue weighted by atomic mass is 16.6. The normalized spacial score (nSPS) is 13.5. The summed E-state index contributed by atoms with van der Waals surface area (Å²) in [5.41, 5.74) is 2.93. The topological polar surface area (TPSA) is 50.4 Å². The summed E-state index contributed by atoms with van der Waals surface area (Å²) in [6, 6.07) is 18.7. The van der Waals surface area contributed by atoms with Gasteiger partial charge < -0.3 is 15.4 Å². The largest absolute Gasteiger partial charge is 0.444 e. The van der Waals surface area contributed by atoms with Crippen molar-refractivity contribution in [3.63, 3.8) is 0 Å². The predicted molar refractivity (Wildman–Crippen MR) is 113 cm³/mol. The van der Waals surface area contributed by atoms with Crippen LogP contribution >= 0.6 is 0 Å². The maximum atomic E-state index is 12.1. The lowest BCUT2D eigenvalue weighted by Gasteiger charge is -2.27. The quantitative estimate of drug-likeness (QED) is 0.658. The fraction of sp³-hybridized carbons (Fsp3) is 0.435. The monoisotopic (exact) mass is 368 g/mol. The Morgan fingerprint density at radius 3 is 2.15 bits per heavy atom. The average molecular weight is 369 g/mol. The number of carbonyl (C=O) groups is 1. The van der Waals surface area contributed by atoms with Gasteiger partial charge in [0.2, 0.25) is 0 Å².